The van der Waals surface area contributed by atoms with Crippen molar-refractivity contribution in [2.24, 2.45) is 5.73 Å². The number of ether oxygens (including phenoxy) is 1. The van der Waals surface area contributed by atoms with Crippen molar-refractivity contribution in [2.75, 3.05) is 13.2 Å². The molecule has 1 heterocycles. The van der Waals surface area contributed by atoms with Gasteiger partial charge in [-0.1, -0.05) is 12.1 Å². The standard InChI is InChI=1S/C10H11BN2O6/c12-9(14)5-18-7-3-1-2-6-8(4-13(16)17)19-11(15)10(6)7/h1-3,8,15H,4-5H2,(H2,12,14). The highest BCUT2D eigenvalue weighted by Gasteiger charge is 2.40. The Morgan fingerprint density at radius 3 is 3.00 bits per heavy atom. The molecule has 1 unspecified atom stereocenters. The van der Waals surface area contributed by atoms with Crippen molar-refractivity contribution < 1.29 is 24.1 Å². The lowest BCUT2D eigenvalue weighted by Crippen LogP contribution is -2.31. The SMILES string of the molecule is NC(=O)COc1cccc2c1B(O)OC2C[N+](=O)[O-]. The quantitative estimate of drug-likeness (QED) is 0.383. The number of hydrogen-bond acceptors (Lipinski definition) is 6. The van der Waals surface area contributed by atoms with Gasteiger partial charge in [-0.3, -0.25) is 14.9 Å². The molecule has 1 aromatic carbocycles. The third-order valence-electron chi connectivity index (χ3n) is 2.67. The first kappa shape index (κ1) is 13.3. The lowest BCUT2D eigenvalue weighted by atomic mass is 9.78. The molecular formula is C10H11BN2O6. The van der Waals surface area contributed by atoms with Gasteiger partial charge in [0.25, 0.3) is 5.91 Å². The van der Waals surface area contributed by atoms with Crippen molar-refractivity contribution >= 4 is 18.5 Å². The van der Waals surface area contributed by atoms with Crippen LogP contribution in [0.25, 0.3) is 0 Å². The molecule has 100 valence electrons. The summed E-state index contributed by atoms with van der Waals surface area (Å²) in [7, 11) is -1.32. The van der Waals surface area contributed by atoms with Crippen molar-refractivity contribution in [3.8, 4) is 5.75 Å². The first-order valence-corrected chi connectivity index (χ1v) is 5.48. The predicted molar refractivity (Wildman–Crippen MR) is 64.4 cm³/mol. The number of carbonyl (C=O) groups is 1. The molecule has 0 aromatic heterocycles. The van der Waals surface area contributed by atoms with Crippen LogP contribution < -0.4 is 15.9 Å². The van der Waals surface area contributed by atoms with E-state index in [1.165, 1.54) is 6.07 Å². The van der Waals surface area contributed by atoms with Crippen LogP contribution in [0.1, 0.15) is 11.7 Å². The minimum Gasteiger partial charge on any atom is -0.484 e. The second-order valence-electron chi connectivity index (χ2n) is 4.01. The maximum Gasteiger partial charge on any atom is 0.496 e. The largest absolute Gasteiger partial charge is 0.496 e. The zero-order valence-corrected chi connectivity index (χ0v) is 9.81. The molecule has 1 aromatic rings. The lowest BCUT2D eigenvalue weighted by Gasteiger charge is -2.09. The molecular weight excluding hydrogens is 255 g/mol. The average Bonchev–Trinajstić information content (AvgIpc) is 2.63. The predicted octanol–water partition coefficient (Wildman–Crippen LogP) is -1.41. The van der Waals surface area contributed by atoms with E-state index in [1.54, 1.807) is 12.1 Å². The zero-order valence-electron chi connectivity index (χ0n) is 9.81. The van der Waals surface area contributed by atoms with E-state index in [4.69, 9.17) is 15.1 Å². The number of carbonyl (C=O) groups excluding carboxylic acids is 1. The van der Waals surface area contributed by atoms with Gasteiger partial charge >= 0.3 is 7.12 Å². The number of nitrogens with two attached hydrogens (primary N) is 1. The van der Waals surface area contributed by atoms with Crippen LogP contribution in [0.2, 0.25) is 0 Å². The Bertz CT molecular complexity index is 523. The molecule has 1 aliphatic heterocycles. The van der Waals surface area contributed by atoms with Crippen LogP contribution in [-0.2, 0) is 9.45 Å². The summed E-state index contributed by atoms with van der Waals surface area (Å²) in [5.74, 6) is -0.428. The molecule has 1 amide bonds. The molecule has 2 rings (SSSR count). The molecule has 1 atom stereocenters. The van der Waals surface area contributed by atoms with Gasteiger partial charge < -0.3 is 20.1 Å². The summed E-state index contributed by atoms with van der Waals surface area (Å²) in [5.41, 5.74) is 5.75. The van der Waals surface area contributed by atoms with E-state index >= 15 is 0 Å². The summed E-state index contributed by atoms with van der Waals surface area (Å²) in [5, 5.41) is 20.3. The molecule has 0 saturated heterocycles. The number of hydrogen-bond donors (Lipinski definition) is 2. The first-order valence-electron chi connectivity index (χ1n) is 5.48. The van der Waals surface area contributed by atoms with Gasteiger partial charge in [-0.2, -0.15) is 0 Å². The number of benzene rings is 1. The third-order valence-corrected chi connectivity index (χ3v) is 2.67. The second-order valence-corrected chi connectivity index (χ2v) is 4.01. The van der Waals surface area contributed by atoms with Crippen molar-refractivity contribution in [1.29, 1.82) is 0 Å². The molecule has 0 saturated carbocycles. The van der Waals surface area contributed by atoms with E-state index in [0.29, 0.717) is 11.0 Å². The summed E-state index contributed by atoms with van der Waals surface area (Å²) in [6, 6.07) is 4.74. The second kappa shape index (κ2) is 5.25. The number of rotatable bonds is 5. The fraction of sp³-hybridized carbons (Fsp3) is 0.300. The van der Waals surface area contributed by atoms with E-state index in [0.717, 1.165) is 0 Å². The summed E-state index contributed by atoms with van der Waals surface area (Å²) in [6.07, 6.45) is -0.836. The Morgan fingerprint density at radius 1 is 1.63 bits per heavy atom. The minimum absolute atomic E-state index is 0.231. The zero-order chi connectivity index (χ0) is 14.0. The van der Waals surface area contributed by atoms with E-state index < -0.39 is 30.6 Å². The molecule has 0 fully saturated rings. The Balaban J connectivity index is 2.28. The fourth-order valence-electron chi connectivity index (χ4n) is 1.95. The highest BCUT2D eigenvalue weighted by atomic mass is 16.6. The lowest BCUT2D eigenvalue weighted by molar-refractivity contribution is -0.490. The van der Waals surface area contributed by atoms with E-state index in [1.807, 2.05) is 0 Å². The van der Waals surface area contributed by atoms with Gasteiger partial charge in [0.2, 0.25) is 6.54 Å². The number of amides is 1. The van der Waals surface area contributed by atoms with Gasteiger partial charge in [0.15, 0.2) is 6.61 Å². The Hall–Kier alpha value is -2.13. The van der Waals surface area contributed by atoms with Crippen LogP contribution in [0.3, 0.4) is 0 Å². The van der Waals surface area contributed by atoms with Crippen LogP contribution in [0, 0.1) is 10.1 Å². The van der Waals surface area contributed by atoms with E-state index in [2.05, 4.69) is 0 Å². The summed E-state index contributed by atoms with van der Waals surface area (Å²) in [4.78, 5) is 20.7. The molecule has 0 aliphatic carbocycles. The third kappa shape index (κ3) is 2.83. The number of nitrogens with zero attached hydrogens (tertiary/aromatic N) is 1. The first-order chi connectivity index (χ1) is 8.99. The van der Waals surface area contributed by atoms with Crippen molar-refractivity contribution in [3.63, 3.8) is 0 Å². The van der Waals surface area contributed by atoms with Gasteiger partial charge in [0, 0.05) is 10.4 Å². The summed E-state index contributed by atoms with van der Waals surface area (Å²) < 4.78 is 10.3. The fourth-order valence-corrected chi connectivity index (χ4v) is 1.95. The molecule has 0 radical (unpaired) electrons. The highest BCUT2D eigenvalue weighted by Crippen LogP contribution is 2.27. The van der Waals surface area contributed by atoms with Gasteiger partial charge in [0.05, 0.1) is 0 Å². The maximum atomic E-state index is 10.7. The number of primary amides is 1. The van der Waals surface area contributed by atoms with Crippen LogP contribution in [-0.4, -0.2) is 36.1 Å². The Morgan fingerprint density at radius 2 is 2.37 bits per heavy atom. The van der Waals surface area contributed by atoms with Gasteiger partial charge in [-0.25, -0.2) is 0 Å². The summed E-state index contributed by atoms with van der Waals surface area (Å²) in [6.45, 7) is -0.799. The van der Waals surface area contributed by atoms with Gasteiger partial charge in [-0.15, -0.1) is 0 Å². The smallest absolute Gasteiger partial charge is 0.484 e. The van der Waals surface area contributed by atoms with Gasteiger partial charge in [0.1, 0.15) is 11.9 Å². The summed E-state index contributed by atoms with van der Waals surface area (Å²) >= 11 is 0. The normalized spacial score (nSPS) is 17.1. The monoisotopic (exact) mass is 266 g/mol. The molecule has 0 spiro atoms. The molecule has 9 heteroatoms. The Kier molecular flexibility index (Phi) is 3.68. The van der Waals surface area contributed by atoms with Crippen LogP contribution >= 0.6 is 0 Å². The highest BCUT2D eigenvalue weighted by molar-refractivity contribution is 6.62. The van der Waals surface area contributed by atoms with E-state index in [9.17, 15) is 19.9 Å². The molecule has 3 N–H and O–H groups in total. The van der Waals surface area contributed by atoms with Crippen molar-refractivity contribution in [3.05, 3.63) is 33.9 Å². The van der Waals surface area contributed by atoms with E-state index in [-0.39, 0.29) is 12.4 Å². The number of nitro groups is 1. The maximum absolute atomic E-state index is 10.7. The van der Waals surface area contributed by atoms with Crippen LogP contribution in [0.4, 0.5) is 0 Å². The Labute approximate surface area is 108 Å². The van der Waals surface area contributed by atoms with Crippen LogP contribution in [0.15, 0.2) is 18.2 Å². The topological polar surface area (TPSA) is 125 Å². The molecule has 19 heavy (non-hydrogen) atoms. The van der Waals surface area contributed by atoms with Gasteiger partial charge in [-0.05, 0) is 11.6 Å². The number of fused-ring (bicyclic) bond motifs is 1. The minimum atomic E-state index is -1.32. The molecule has 1 aliphatic rings. The average molecular weight is 266 g/mol. The molecule has 0 bridgehead atoms. The van der Waals surface area contributed by atoms with Crippen LogP contribution in [0.5, 0.6) is 5.75 Å². The van der Waals surface area contributed by atoms with Crippen molar-refractivity contribution in [2.45, 2.75) is 6.10 Å². The molecule has 8 nitrogen and oxygen atoms in total. The van der Waals surface area contributed by atoms with Crippen molar-refractivity contribution in [1.82, 2.24) is 0 Å².